The molecule has 0 aliphatic rings. The van der Waals surface area contributed by atoms with Gasteiger partial charge in [-0.15, -0.1) is 0 Å². The third-order valence-corrected chi connectivity index (χ3v) is 2.78. The number of benzene rings is 1. The number of hydrogen-bond acceptors (Lipinski definition) is 6. The smallest absolute Gasteiger partial charge is 0.339 e. The van der Waals surface area contributed by atoms with Crippen LogP contribution in [0.4, 0.5) is 0 Å². The highest BCUT2D eigenvalue weighted by Gasteiger charge is 2.18. The number of aromatic carboxylic acids is 1. The molecule has 0 heterocycles. The van der Waals surface area contributed by atoms with E-state index in [4.69, 9.17) is 14.6 Å². The van der Waals surface area contributed by atoms with Crippen molar-refractivity contribution in [2.45, 2.75) is 19.4 Å². The van der Waals surface area contributed by atoms with Crippen molar-refractivity contribution >= 4 is 17.9 Å². The quantitative estimate of drug-likeness (QED) is 0.550. The number of rotatable bonds is 8. The summed E-state index contributed by atoms with van der Waals surface area (Å²) in [4.78, 5) is 33.9. The van der Waals surface area contributed by atoms with Crippen molar-refractivity contribution < 1.29 is 34.1 Å². The van der Waals surface area contributed by atoms with Gasteiger partial charge in [0, 0.05) is 12.5 Å². The van der Waals surface area contributed by atoms with Crippen molar-refractivity contribution in [2.24, 2.45) is 0 Å². The highest BCUT2D eigenvalue weighted by molar-refractivity contribution is 6.02. The maximum atomic E-state index is 11.9. The van der Waals surface area contributed by atoms with Gasteiger partial charge in [-0.2, -0.15) is 0 Å². The second-order valence-electron chi connectivity index (χ2n) is 4.56. The van der Waals surface area contributed by atoms with Crippen molar-refractivity contribution in [1.82, 2.24) is 0 Å². The summed E-state index contributed by atoms with van der Waals surface area (Å²) in [6.07, 6.45) is 1.85. The molecule has 0 aliphatic heterocycles. The molecule has 0 spiro atoms. The van der Waals surface area contributed by atoms with Gasteiger partial charge in [0.15, 0.2) is 0 Å². The van der Waals surface area contributed by atoms with Crippen molar-refractivity contribution in [1.29, 1.82) is 0 Å². The minimum Gasteiger partial charge on any atom is -0.478 e. The predicted molar refractivity (Wildman–Crippen MR) is 80.1 cm³/mol. The van der Waals surface area contributed by atoms with Crippen LogP contribution < -0.4 is 0 Å². The van der Waals surface area contributed by atoms with Crippen LogP contribution in [0.3, 0.4) is 0 Å². The normalized spacial score (nSPS) is 11.9. The Morgan fingerprint density at radius 1 is 1.17 bits per heavy atom. The van der Waals surface area contributed by atoms with Crippen LogP contribution in [0.2, 0.25) is 0 Å². The van der Waals surface area contributed by atoms with Gasteiger partial charge in [-0.05, 0) is 19.1 Å². The first-order valence-electron chi connectivity index (χ1n) is 6.92. The van der Waals surface area contributed by atoms with Crippen LogP contribution in [0.5, 0.6) is 0 Å². The Bertz CT molecular complexity index is 592. The molecule has 1 rings (SSSR count). The molecule has 0 aliphatic carbocycles. The molecule has 0 fully saturated rings. The van der Waals surface area contributed by atoms with E-state index in [9.17, 15) is 19.5 Å². The first-order valence-corrected chi connectivity index (χ1v) is 6.92. The van der Waals surface area contributed by atoms with E-state index in [0.717, 1.165) is 0 Å². The zero-order valence-electron chi connectivity index (χ0n) is 12.6. The van der Waals surface area contributed by atoms with Crippen LogP contribution in [-0.2, 0) is 14.3 Å². The maximum absolute atomic E-state index is 11.9. The van der Waals surface area contributed by atoms with Crippen LogP contribution in [0.15, 0.2) is 36.4 Å². The molecule has 124 valence electrons. The third-order valence-electron chi connectivity index (χ3n) is 2.78. The molecule has 23 heavy (non-hydrogen) atoms. The number of carboxylic acids is 1. The third kappa shape index (κ3) is 6.31. The zero-order valence-corrected chi connectivity index (χ0v) is 12.6. The second kappa shape index (κ2) is 9.37. The summed E-state index contributed by atoms with van der Waals surface area (Å²) in [5.74, 6) is -2.60. The number of allylic oxidation sites excluding steroid dienone is 1. The van der Waals surface area contributed by atoms with E-state index in [0.29, 0.717) is 0 Å². The zero-order chi connectivity index (χ0) is 17.2. The molecule has 7 nitrogen and oxygen atoms in total. The molecule has 0 radical (unpaired) electrons. The SMILES string of the molecule is CC=CC(=O)OCCC(O)COC(=O)c1ccccc1C(=O)O. The summed E-state index contributed by atoms with van der Waals surface area (Å²) in [5, 5.41) is 18.7. The summed E-state index contributed by atoms with van der Waals surface area (Å²) in [6, 6.07) is 5.63. The van der Waals surface area contributed by atoms with E-state index in [1.807, 2.05) is 0 Å². The number of carbonyl (C=O) groups is 3. The van der Waals surface area contributed by atoms with E-state index in [2.05, 4.69) is 0 Å². The van der Waals surface area contributed by atoms with E-state index in [1.54, 1.807) is 6.92 Å². The molecule has 0 saturated heterocycles. The fraction of sp³-hybridized carbons (Fsp3) is 0.312. The second-order valence-corrected chi connectivity index (χ2v) is 4.56. The molecule has 0 saturated carbocycles. The van der Waals surface area contributed by atoms with Gasteiger partial charge in [-0.1, -0.05) is 18.2 Å². The van der Waals surface area contributed by atoms with E-state index in [-0.39, 0.29) is 30.8 Å². The van der Waals surface area contributed by atoms with Gasteiger partial charge < -0.3 is 19.7 Å². The molecule has 2 N–H and O–H groups in total. The van der Waals surface area contributed by atoms with E-state index >= 15 is 0 Å². The molecule has 0 amide bonds. The lowest BCUT2D eigenvalue weighted by Gasteiger charge is -2.12. The Balaban J connectivity index is 2.44. The van der Waals surface area contributed by atoms with Gasteiger partial charge in [-0.25, -0.2) is 14.4 Å². The van der Waals surface area contributed by atoms with Gasteiger partial charge in [0.05, 0.1) is 23.8 Å². The van der Waals surface area contributed by atoms with Gasteiger partial charge in [-0.3, -0.25) is 0 Å². The Labute approximate surface area is 133 Å². The van der Waals surface area contributed by atoms with Crippen molar-refractivity contribution in [3.63, 3.8) is 0 Å². The Hall–Kier alpha value is -2.67. The minimum atomic E-state index is -1.24. The summed E-state index contributed by atoms with van der Waals surface area (Å²) in [7, 11) is 0. The van der Waals surface area contributed by atoms with Crippen LogP contribution >= 0.6 is 0 Å². The topological polar surface area (TPSA) is 110 Å². The lowest BCUT2D eigenvalue weighted by molar-refractivity contribution is -0.138. The standard InChI is InChI=1S/C16H18O7/c1-2-5-14(18)22-9-8-11(17)10-23-16(21)13-7-4-3-6-12(13)15(19)20/h2-7,11,17H,8-10H2,1H3,(H,19,20). The molecule has 1 aromatic carbocycles. The number of carbonyl (C=O) groups excluding carboxylic acids is 2. The summed E-state index contributed by atoms with van der Waals surface area (Å²) in [6.45, 7) is 1.33. The van der Waals surface area contributed by atoms with Crippen molar-refractivity contribution in [2.75, 3.05) is 13.2 Å². The summed E-state index contributed by atoms with van der Waals surface area (Å²) < 4.78 is 9.67. The Kier molecular flexibility index (Phi) is 7.49. The fourth-order valence-electron chi connectivity index (χ4n) is 1.66. The van der Waals surface area contributed by atoms with Gasteiger partial charge in [0.25, 0.3) is 0 Å². The first-order chi connectivity index (χ1) is 11.0. The number of aliphatic hydroxyl groups excluding tert-OH is 1. The van der Waals surface area contributed by atoms with Gasteiger partial charge in [0.1, 0.15) is 6.61 Å². The molecular weight excluding hydrogens is 304 g/mol. The molecule has 0 bridgehead atoms. The summed E-state index contributed by atoms with van der Waals surface area (Å²) in [5.41, 5.74) is -0.265. The number of hydrogen-bond donors (Lipinski definition) is 2. The largest absolute Gasteiger partial charge is 0.478 e. The fourth-order valence-corrected chi connectivity index (χ4v) is 1.66. The number of ether oxygens (including phenoxy) is 2. The van der Waals surface area contributed by atoms with E-state index < -0.39 is 24.0 Å². The van der Waals surface area contributed by atoms with Crippen LogP contribution in [-0.4, -0.2) is 47.4 Å². The van der Waals surface area contributed by atoms with Crippen molar-refractivity contribution in [3.8, 4) is 0 Å². The predicted octanol–water partition coefficient (Wildman–Crippen LogP) is 1.41. The maximum Gasteiger partial charge on any atom is 0.339 e. The average Bonchev–Trinajstić information content (AvgIpc) is 2.52. The van der Waals surface area contributed by atoms with Crippen LogP contribution in [0, 0.1) is 0 Å². The molecular formula is C16H18O7. The Morgan fingerprint density at radius 3 is 2.43 bits per heavy atom. The lowest BCUT2D eigenvalue weighted by Crippen LogP contribution is -2.22. The average molecular weight is 322 g/mol. The van der Waals surface area contributed by atoms with Crippen LogP contribution in [0.1, 0.15) is 34.1 Å². The molecule has 0 aromatic heterocycles. The molecule has 1 unspecified atom stereocenters. The van der Waals surface area contributed by atoms with Crippen LogP contribution in [0.25, 0.3) is 0 Å². The number of aliphatic hydroxyl groups is 1. The summed E-state index contributed by atoms with van der Waals surface area (Å²) >= 11 is 0. The number of carboxylic acid groups (broad SMARTS) is 1. The lowest BCUT2D eigenvalue weighted by atomic mass is 10.1. The van der Waals surface area contributed by atoms with Gasteiger partial charge in [0.2, 0.25) is 0 Å². The van der Waals surface area contributed by atoms with E-state index in [1.165, 1.54) is 36.4 Å². The monoisotopic (exact) mass is 322 g/mol. The number of esters is 2. The molecule has 1 aromatic rings. The molecule has 1 atom stereocenters. The first kappa shape index (κ1) is 18.4. The highest BCUT2D eigenvalue weighted by atomic mass is 16.5. The van der Waals surface area contributed by atoms with Crippen molar-refractivity contribution in [3.05, 3.63) is 47.5 Å². The Morgan fingerprint density at radius 2 is 1.83 bits per heavy atom. The minimum absolute atomic E-state index is 0.0202. The molecule has 7 heteroatoms. The highest BCUT2D eigenvalue weighted by Crippen LogP contribution is 2.10. The van der Waals surface area contributed by atoms with Gasteiger partial charge >= 0.3 is 17.9 Å².